The van der Waals surface area contributed by atoms with Crippen molar-refractivity contribution >= 4 is 46.0 Å². The van der Waals surface area contributed by atoms with E-state index in [1.54, 1.807) is 4.90 Å². The van der Waals surface area contributed by atoms with Gasteiger partial charge in [-0.1, -0.05) is 78.6 Å². The molecule has 2 nitrogen and oxygen atoms in total. The number of rotatable bonds is 3. The molecule has 0 spiro atoms. The van der Waals surface area contributed by atoms with Gasteiger partial charge >= 0.3 is 0 Å². The molecule has 0 aromatic heterocycles. The number of para-hydroxylation sites is 1. The Balaban J connectivity index is 1.89. The summed E-state index contributed by atoms with van der Waals surface area (Å²) in [6.07, 6.45) is 3.96. The Labute approximate surface area is 151 Å². The Bertz CT molecular complexity index is 853. The van der Waals surface area contributed by atoms with Crippen LogP contribution in [0.3, 0.4) is 0 Å². The van der Waals surface area contributed by atoms with Crippen molar-refractivity contribution < 1.29 is 4.79 Å². The normalized spacial score (nSPS) is 17.0. The number of thiocarbonyl (C=S) groups is 1. The van der Waals surface area contributed by atoms with Gasteiger partial charge in [-0.25, -0.2) is 0 Å². The maximum absolute atomic E-state index is 12.8. The number of amides is 1. The zero-order valence-corrected chi connectivity index (χ0v) is 15.2. The highest BCUT2D eigenvalue weighted by Gasteiger charge is 2.33. The standard InChI is InChI=1S/C20H17NOS2/c1-14(12-16-9-4-3-5-10-16)13-18-19(22)21(20(23)24-18)17-11-7-6-8-15(17)2/h3-13H,1-2H3/b14-12-,18-13+. The van der Waals surface area contributed by atoms with Crippen molar-refractivity contribution in [2.75, 3.05) is 4.90 Å². The average molecular weight is 351 g/mol. The van der Waals surface area contributed by atoms with Crippen LogP contribution >= 0.6 is 24.0 Å². The molecule has 1 amide bonds. The van der Waals surface area contributed by atoms with E-state index in [2.05, 4.69) is 6.08 Å². The second kappa shape index (κ2) is 7.16. The van der Waals surface area contributed by atoms with Crippen LogP contribution in [-0.2, 0) is 4.79 Å². The van der Waals surface area contributed by atoms with Crippen LogP contribution in [0, 0.1) is 6.92 Å². The van der Waals surface area contributed by atoms with Crippen molar-refractivity contribution in [1.29, 1.82) is 0 Å². The molecule has 4 heteroatoms. The molecule has 120 valence electrons. The van der Waals surface area contributed by atoms with Gasteiger partial charge in [0.1, 0.15) is 0 Å². The predicted octanol–water partition coefficient (Wildman–Crippen LogP) is 5.35. The first kappa shape index (κ1) is 16.7. The molecule has 2 aromatic rings. The summed E-state index contributed by atoms with van der Waals surface area (Å²) in [5.41, 5.74) is 4.02. The number of hydrogen-bond acceptors (Lipinski definition) is 3. The molecule has 0 atom stereocenters. The third kappa shape index (κ3) is 3.50. The van der Waals surface area contributed by atoms with Gasteiger partial charge in [0, 0.05) is 0 Å². The summed E-state index contributed by atoms with van der Waals surface area (Å²) in [7, 11) is 0. The fourth-order valence-corrected chi connectivity index (χ4v) is 3.89. The number of carbonyl (C=O) groups is 1. The van der Waals surface area contributed by atoms with Crippen LogP contribution in [0.5, 0.6) is 0 Å². The quantitative estimate of drug-likeness (QED) is 0.549. The van der Waals surface area contributed by atoms with Gasteiger partial charge in [0.25, 0.3) is 5.91 Å². The summed E-state index contributed by atoms with van der Waals surface area (Å²) in [6.45, 7) is 3.98. The number of nitrogens with zero attached hydrogens (tertiary/aromatic N) is 1. The number of anilines is 1. The second-order valence-electron chi connectivity index (χ2n) is 5.60. The van der Waals surface area contributed by atoms with E-state index in [4.69, 9.17) is 12.2 Å². The van der Waals surface area contributed by atoms with Gasteiger partial charge in [0.2, 0.25) is 0 Å². The molecular weight excluding hydrogens is 334 g/mol. The van der Waals surface area contributed by atoms with Crippen molar-refractivity contribution in [3.05, 3.63) is 82.3 Å². The Morgan fingerprint density at radius 2 is 1.75 bits per heavy atom. The lowest BCUT2D eigenvalue weighted by molar-refractivity contribution is -0.113. The minimum absolute atomic E-state index is 0.0555. The van der Waals surface area contributed by atoms with Gasteiger partial charge in [-0.3, -0.25) is 9.69 Å². The van der Waals surface area contributed by atoms with E-state index in [-0.39, 0.29) is 5.91 Å². The first-order chi connectivity index (χ1) is 11.6. The first-order valence-corrected chi connectivity index (χ1v) is 8.85. The van der Waals surface area contributed by atoms with Gasteiger partial charge in [0.15, 0.2) is 4.32 Å². The van der Waals surface area contributed by atoms with E-state index in [0.29, 0.717) is 9.23 Å². The minimum atomic E-state index is -0.0555. The van der Waals surface area contributed by atoms with Crippen LogP contribution in [0.2, 0.25) is 0 Å². The number of benzene rings is 2. The summed E-state index contributed by atoms with van der Waals surface area (Å²) in [6, 6.07) is 17.8. The molecule has 0 radical (unpaired) electrons. The maximum Gasteiger partial charge on any atom is 0.270 e. The molecule has 0 N–H and O–H groups in total. The molecule has 0 unspecified atom stereocenters. The molecule has 3 rings (SSSR count). The number of aryl methyl sites for hydroxylation is 1. The van der Waals surface area contributed by atoms with Crippen LogP contribution in [0.1, 0.15) is 18.1 Å². The highest BCUT2D eigenvalue weighted by Crippen LogP contribution is 2.36. The van der Waals surface area contributed by atoms with Gasteiger partial charge in [-0.05, 0) is 42.7 Å². The Morgan fingerprint density at radius 1 is 1.08 bits per heavy atom. The van der Waals surface area contributed by atoms with Crippen molar-refractivity contribution in [3.63, 3.8) is 0 Å². The van der Waals surface area contributed by atoms with E-state index in [9.17, 15) is 4.79 Å². The van der Waals surface area contributed by atoms with Crippen LogP contribution in [0.4, 0.5) is 5.69 Å². The largest absolute Gasteiger partial charge is 0.270 e. The zero-order valence-electron chi connectivity index (χ0n) is 13.5. The van der Waals surface area contributed by atoms with Crippen molar-refractivity contribution in [1.82, 2.24) is 0 Å². The Hall–Kier alpha value is -2.17. The summed E-state index contributed by atoms with van der Waals surface area (Å²) >= 11 is 6.78. The topological polar surface area (TPSA) is 20.3 Å². The van der Waals surface area contributed by atoms with Crippen LogP contribution in [0.15, 0.2) is 71.2 Å². The first-order valence-electron chi connectivity index (χ1n) is 7.63. The Kier molecular flexibility index (Phi) is 4.97. The fraction of sp³-hybridized carbons (Fsp3) is 0.100. The maximum atomic E-state index is 12.8. The van der Waals surface area contributed by atoms with Gasteiger partial charge in [-0.15, -0.1) is 0 Å². The number of allylic oxidation sites excluding steroid dienone is 2. The molecule has 2 aromatic carbocycles. The van der Waals surface area contributed by atoms with E-state index in [1.165, 1.54) is 11.8 Å². The average Bonchev–Trinajstić information content (AvgIpc) is 2.83. The lowest BCUT2D eigenvalue weighted by Gasteiger charge is -2.16. The lowest BCUT2D eigenvalue weighted by Crippen LogP contribution is -2.28. The zero-order chi connectivity index (χ0) is 17.1. The molecule has 1 aliphatic rings. The van der Waals surface area contributed by atoms with Crippen LogP contribution < -0.4 is 4.90 Å². The monoisotopic (exact) mass is 351 g/mol. The minimum Gasteiger partial charge on any atom is -0.268 e. The number of thioether (sulfide) groups is 1. The lowest BCUT2D eigenvalue weighted by atomic mass is 10.1. The molecular formula is C20H17NOS2. The fourth-order valence-electron chi connectivity index (χ4n) is 2.55. The van der Waals surface area contributed by atoms with Gasteiger partial charge in [-0.2, -0.15) is 0 Å². The van der Waals surface area contributed by atoms with E-state index in [0.717, 1.165) is 22.4 Å². The summed E-state index contributed by atoms with van der Waals surface area (Å²) in [5, 5.41) is 0. The highest BCUT2D eigenvalue weighted by atomic mass is 32.2. The summed E-state index contributed by atoms with van der Waals surface area (Å²) in [5.74, 6) is -0.0555. The SMILES string of the molecule is CC(=C/c1ccccc1)/C=C1/SC(=S)N(c2ccccc2C)C1=O. The predicted molar refractivity (Wildman–Crippen MR) is 107 cm³/mol. The van der Waals surface area contributed by atoms with Gasteiger partial charge in [0.05, 0.1) is 10.6 Å². The molecule has 24 heavy (non-hydrogen) atoms. The molecule has 0 aliphatic carbocycles. The molecule has 1 saturated heterocycles. The molecule has 1 aliphatic heterocycles. The van der Waals surface area contributed by atoms with Crippen molar-refractivity contribution in [2.24, 2.45) is 0 Å². The second-order valence-corrected chi connectivity index (χ2v) is 7.28. The van der Waals surface area contributed by atoms with E-state index < -0.39 is 0 Å². The summed E-state index contributed by atoms with van der Waals surface area (Å²) < 4.78 is 0.577. The smallest absolute Gasteiger partial charge is 0.268 e. The third-order valence-electron chi connectivity index (χ3n) is 3.70. The molecule has 1 heterocycles. The molecule has 1 fully saturated rings. The Morgan fingerprint density at radius 3 is 2.46 bits per heavy atom. The van der Waals surface area contributed by atoms with E-state index >= 15 is 0 Å². The number of carbonyl (C=O) groups excluding carboxylic acids is 1. The highest BCUT2D eigenvalue weighted by molar-refractivity contribution is 8.27. The van der Waals surface area contributed by atoms with Crippen LogP contribution in [0.25, 0.3) is 6.08 Å². The van der Waals surface area contributed by atoms with Crippen molar-refractivity contribution in [2.45, 2.75) is 13.8 Å². The van der Waals surface area contributed by atoms with Crippen molar-refractivity contribution in [3.8, 4) is 0 Å². The van der Waals surface area contributed by atoms with E-state index in [1.807, 2.05) is 74.5 Å². The molecule has 0 saturated carbocycles. The molecule has 0 bridgehead atoms. The van der Waals surface area contributed by atoms with Crippen LogP contribution in [-0.4, -0.2) is 10.2 Å². The third-order valence-corrected chi connectivity index (χ3v) is 5.00. The van der Waals surface area contributed by atoms with Gasteiger partial charge < -0.3 is 0 Å². The number of hydrogen-bond donors (Lipinski definition) is 0. The summed E-state index contributed by atoms with van der Waals surface area (Å²) in [4.78, 5) is 15.1.